The number of aryl methyl sites for hydroxylation is 2. The molecule has 7 heteroatoms. The summed E-state index contributed by atoms with van der Waals surface area (Å²) in [5.74, 6) is 0.0941. The van der Waals surface area contributed by atoms with E-state index in [0.717, 1.165) is 67.8 Å². The smallest absolute Gasteiger partial charge is 0.320 e. The van der Waals surface area contributed by atoms with E-state index in [0.29, 0.717) is 30.4 Å². The first kappa shape index (κ1) is 24.4. The van der Waals surface area contributed by atoms with Gasteiger partial charge in [-0.15, -0.1) is 0 Å². The van der Waals surface area contributed by atoms with E-state index in [4.69, 9.17) is 9.73 Å². The highest BCUT2D eigenvalue weighted by Crippen LogP contribution is 2.35. The normalized spacial score (nSPS) is 19.7. The fourth-order valence-corrected chi connectivity index (χ4v) is 5.03. The maximum absolute atomic E-state index is 12.0. The zero-order valence-corrected chi connectivity index (χ0v) is 20.1. The number of carboxylic acids is 1. The number of aliphatic carboxylic acids is 1. The average Bonchev–Trinajstić information content (AvgIpc) is 3.01. The van der Waals surface area contributed by atoms with Crippen molar-refractivity contribution in [2.24, 2.45) is 16.8 Å². The molecule has 1 fully saturated rings. The fourth-order valence-electron chi connectivity index (χ4n) is 5.03. The van der Waals surface area contributed by atoms with Gasteiger partial charge >= 0.3 is 5.97 Å². The van der Waals surface area contributed by atoms with Crippen molar-refractivity contribution in [2.45, 2.75) is 65.0 Å². The van der Waals surface area contributed by atoms with Gasteiger partial charge in [-0.1, -0.05) is 19.1 Å². The molecule has 7 nitrogen and oxygen atoms in total. The molecule has 0 amide bonds. The molecule has 2 aliphatic rings. The molecule has 3 heterocycles. The number of rotatable bonds is 8. The molecule has 1 unspecified atom stereocenters. The lowest BCUT2D eigenvalue weighted by atomic mass is 9.82. The molecule has 0 saturated carbocycles. The van der Waals surface area contributed by atoms with E-state index in [1.807, 2.05) is 19.9 Å². The minimum absolute atomic E-state index is 0.0726. The van der Waals surface area contributed by atoms with Gasteiger partial charge in [0.1, 0.15) is 6.04 Å². The molecule has 0 bridgehead atoms. The molecule has 3 N–H and O–H groups in total. The first-order valence-corrected chi connectivity index (χ1v) is 12.4. The highest BCUT2D eigenvalue weighted by molar-refractivity contribution is 6.04. The number of ether oxygens (including phenoxy) is 1. The molecule has 34 heavy (non-hydrogen) atoms. The summed E-state index contributed by atoms with van der Waals surface area (Å²) in [6, 6.07) is 7.66. The van der Waals surface area contributed by atoms with Gasteiger partial charge in [0.05, 0.1) is 11.4 Å². The van der Waals surface area contributed by atoms with Crippen LogP contribution in [0.15, 0.2) is 40.2 Å². The van der Waals surface area contributed by atoms with Crippen LogP contribution in [-0.2, 0) is 22.5 Å². The predicted molar refractivity (Wildman–Crippen MR) is 133 cm³/mol. The third kappa shape index (κ3) is 5.83. The maximum atomic E-state index is 12.0. The lowest BCUT2D eigenvalue weighted by molar-refractivity contribution is -0.139. The number of aliphatic imine (C=N–C) groups is 1. The van der Waals surface area contributed by atoms with Gasteiger partial charge in [0, 0.05) is 43.0 Å². The standard InChI is InChI=1S/C27H35N3O4/c1-3-23(27(32)33)28-15-19-4-5-20-6-7-21(13-18-8-10-34-11-9-18)25(30-24(20)14-19)22-12-17(2)26(31)29-16-22/h4-5,12,14,16,18,21,23,28H,3,6-11,13,15H2,1-2H3,(H,29,31)(H,32,33)/t21?,23-/m0/s1. The molecule has 182 valence electrons. The van der Waals surface area contributed by atoms with Crippen molar-refractivity contribution in [3.8, 4) is 0 Å². The Labute approximate surface area is 200 Å². The Morgan fingerprint density at radius 2 is 2.06 bits per heavy atom. The van der Waals surface area contributed by atoms with E-state index in [1.165, 1.54) is 5.56 Å². The van der Waals surface area contributed by atoms with Gasteiger partial charge in [0.15, 0.2) is 0 Å². The Bertz CT molecular complexity index is 1100. The van der Waals surface area contributed by atoms with Crippen molar-refractivity contribution in [1.29, 1.82) is 0 Å². The molecular weight excluding hydrogens is 430 g/mol. The Morgan fingerprint density at radius 1 is 1.26 bits per heavy atom. The average molecular weight is 466 g/mol. The Balaban J connectivity index is 1.65. The molecule has 2 aromatic rings. The monoisotopic (exact) mass is 465 g/mol. The number of fused-ring (bicyclic) bond motifs is 1. The Hall–Kier alpha value is -2.77. The topological polar surface area (TPSA) is 104 Å². The SMILES string of the molecule is CC[C@H](NCc1ccc2c(c1)N=C(c1c[nH]c(=O)c(C)c1)C(CC1CCOCC1)CC2)C(=O)O. The fraction of sp³-hybridized carbons (Fsp3) is 0.519. The molecule has 1 aromatic heterocycles. The highest BCUT2D eigenvalue weighted by atomic mass is 16.5. The van der Waals surface area contributed by atoms with Gasteiger partial charge in [0.25, 0.3) is 5.56 Å². The van der Waals surface area contributed by atoms with E-state index in [1.54, 1.807) is 6.20 Å². The second kappa shape index (κ2) is 11.1. The van der Waals surface area contributed by atoms with Gasteiger partial charge in [0.2, 0.25) is 0 Å². The van der Waals surface area contributed by atoms with Gasteiger partial charge in [-0.05, 0) is 74.6 Å². The summed E-state index contributed by atoms with van der Waals surface area (Å²) < 4.78 is 5.57. The zero-order valence-electron chi connectivity index (χ0n) is 20.1. The largest absolute Gasteiger partial charge is 0.480 e. The van der Waals surface area contributed by atoms with Crippen molar-refractivity contribution in [1.82, 2.24) is 10.3 Å². The Morgan fingerprint density at radius 3 is 2.76 bits per heavy atom. The number of H-pyrrole nitrogens is 1. The maximum Gasteiger partial charge on any atom is 0.320 e. The van der Waals surface area contributed by atoms with Crippen LogP contribution in [-0.4, -0.2) is 41.0 Å². The number of hydrogen-bond donors (Lipinski definition) is 3. The third-order valence-electron chi connectivity index (χ3n) is 7.14. The number of aromatic nitrogens is 1. The number of carboxylic acid groups (broad SMARTS) is 1. The number of hydrogen-bond acceptors (Lipinski definition) is 5. The summed E-state index contributed by atoms with van der Waals surface area (Å²) in [4.78, 5) is 31.4. The molecule has 4 rings (SSSR count). The number of aromatic amines is 1. The third-order valence-corrected chi connectivity index (χ3v) is 7.14. The molecule has 0 spiro atoms. The lowest BCUT2D eigenvalue weighted by Gasteiger charge is -2.27. The minimum atomic E-state index is -0.832. The van der Waals surface area contributed by atoms with E-state index >= 15 is 0 Å². The molecular formula is C27H35N3O4. The summed E-state index contributed by atoms with van der Waals surface area (Å²) in [5, 5.41) is 12.5. The summed E-state index contributed by atoms with van der Waals surface area (Å²) in [6.07, 6.45) is 7.51. The van der Waals surface area contributed by atoms with Crippen LogP contribution in [0.2, 0.25) is 0 Å². The first-order valence-electron chi connectivity index (χ1n) is 12.4. The van der Waals surface area contributed by atoms with Crippen LogP contribution in [0.1, 0.15) is 61.3 Å². The molecule has 2 aliphatic heterocycles. The number of nitrogens with one attached hydrogen (secondary N) is 2. The number of benzene rings is 1. The van der Waals surface area contributed by atoms with Gasteiger partial charge < -0.3 is 20.1 Å². The zero-order chi connectivity index (χ0) is 24.1. The summed E-state index contributed by atoms with van der Waals surface area (Å²) in [5.41, 5.74) is 5.79. The Kier molecular flexibility index (Phi) is 7.95. The van der Waals surface area contributed by atoms with Crippen LogP contribution in [0.3, 0.4) is 0 Å². The minimum Gasteiger partial charge on any atom is -0.480 e. The molecule has 1 saturated heterocycles. The molecule has 2 atom stereocenters. The highest BCUT2D eigenvalue weighted by Gasteiger charge is 2.27. The summed E-state index contributed by atoms with van der Waals surface area (Å²) >= 11 is 0. The van der Waals surface area contributed by atoms with Crippen LogP contribution in [0.5, 0.6) is 0 Å². The lowest BCUT2D eigenvalue weighted by Crippen LogP contribution is -2.35. The van der Waals surface area contributed by atoms with Crippen molar-refractivity contribution in [3.63, 3.8) is 0 Å². The van der Waals surface area contributed by atoms with Crippen LogP contribution >= 0.6 is 0 Å². The van der Waals surface area contributed by atoms with Gasteiger partial charge in [-0.2, -0.15) is 0 Å². The summed E-state index contributed by atoms with van der Waals surface area (Å²) in [6.45, 7) is 5.83. The van der Waals surface area contributed by atoms with Gasteiger partial charge in [-0.25, -0.2) is 0 Å². The molecule has 0 aliphatic carbocycles. The quantitative estimate of drug-likeness (QED) is 0.544. The second-order valence-electron chi connectivity index (χ2n) is 9.57. The molecule has 0 radical (unpaired) electrons. The van der Waals surface area contributed by atoms with Crippen LogP contribution in [0, 0.1) is 18.8 Å². The van der Waals surface area contributed by atoms with Crippen LogP contribution in [0.25, 0.3) is 0 Å². The number of pyridine rings is 1. The van der Waals surface area contributed by atoms with Crippen molar-refractivity contribution >= 4 is 17.4 Å². The van der Waals surface area contributed by atoms with E-state index < -0.39 is 12.0 Å². The van der Waals surface area contributed by atoms with Crippen molar-refractivity contribution in [2.75, 3.05) is 13.2 Å². The molecule has 1 aromatic carbocycles. The summed E-state index contributed by atoms with van der Waals surface area (Å²) in [7, 11) is 0. The van der Waals surface area contributed by atoms with E-state index in [9.17, 15) is 14.7 Å². The van der Waals surface area contributed by atoms with Crippen LogP contribution < -0.4 is 10.9 Å². The van der Waals surface area contributed by atoms with Crippen molar-refractivity contribution < 1.29 is 14.6 Å². The second-order valence-corrected chi connectivity index (χ2v) is 9.57. The first-order chi connectivity index (χ1) is 16.4. The van der Waals surface area contributed by atoms with E-state index in [2.05, 4.69) is 28.5 Å². The number of nitrogens with zero attached hydrogens (tertiary/aromatic N) is 1. The van der Waals surface area contributed by atoms with Crippen molar-refractivity contribution in [3.05, 3.63) is 63.1 Å². The van der Waals surface area contributed by atoms with Gasteiger partial charge in [-0.3, -0.25) is 14.6 Å². The predicted octanol–water partition coefficient (Wildman–Crippen LogP) is 4.14. The van der Waals surface area contributed by atoms with Crippen LogP contribution in [0.4, 0.5) is 5.69 Å². The van der Waals surface area contributed by atoms with E-state index in [-0.39, 0.29) is 5.56 Å². The number of carbonyl (C=O) groups is 1.